The summed E-state index contributed by atoms with van der Waals surface area (Å²) < 4.78 is 29.5. The predicted molar refractivity (Wildman–Crippen MR) is 122 cm³/mol. The number of aromatic nitrogens is 4. The van der Waals surface area contributed by atoms with Gasteiger partial charge in [-0.25, -0.2) is 19.2 Å². The van der Waals surface area contributed by atoms with E-state index in [1.54, 1.807) is 20.8 Å². The lowest BCUT2D eigenvalue weighted by Gasteiger charge is -2.10. The second-order valence-electron chi connectivity index (χ2n) is 6.89. The summed E-state index contributed by atoms with van der Waals surface area (Å²) in [6.07, 6.45) is -0.518. The van der Waals surface area contributed by atoms with Crippen molar-refractivity contribution in [2.75, 3.05) is 12.3 Å². The van der Waals surface area contributed by atoms with E-state index in [0.29, 0.717) is 49.0 Å². The number of esters is 1. The average Bonchev–Trinajstić information content (AvgIpc) is 3.39. The molecule has 0 aliphatic carbocycles. The number of hydrogen-bond acceptors (Lipinski definition) is 11. The summed E-state index contributed by atoms with van der Waals surface area (Å²) in [6.45, 7) is 5.59. The summed E-state index contributed by atoms with van der Waals surface area (Å²) >= 11 is 2.48. The van der Waals surface area contributed by atoms with Crippen LogP contribution >= 0.6 is 23.1 Å². The van der Waals surface area contributed by atoms with E-state index >= 15 is 0 Å². The van der Waals surface area contributed by atoms with Crippen LogP contribution in [-0.4, -0.2) is 32.7 Å². The number of thioether (sulfide) groups is 1. The molecule has 0 unspecified atom stereocenters. The molecule has 0 aliphatic heterocycles. The third-order valence-electron chi connectivity index (χ3n) is 4.55. The van der Waals surface area contributed by atoms with Gasteiger partial charge in [-0.3, -0.25) is 0 Å². The summed E-state index contributed by atoms with van der Waals surface area (Å²) in [5.74, 6) is 1.13. The minimum absolute atomic E-state index is 0.283. The number of rotatable bonds is 8. The molecule has 0 spiro atoms. The number of benzene rings is 1. The van der Waals surface area contributed by atoms with Crippen molar-refractivity contribution in [1.82, 2.24) is 20.2 Å². The molecular formula is C21H20FN5O4S2. The van der Waals surface area contributed by atoms with Gasteiger partial charge in [0.15, 0.2) is 6.10 Å². The maximum Gasteiger partial charge on any atom is 0.348 e. The van der Waals surface area contributed by atoms with E-state index in [4.69, 9.17) is 19.6 Å². The third-order valence-corrected chi connectivity index (χ3v) is 6.53. The normalized spacial score (nSPS) is 12.1. The highest BCUT2D eigenvalue weighted by atomic mass is 32.2. The van der Waals surface area contributed by atoms with Crippen LogP contribution in [0, 0.1) is 12.7 Å². The topological polar surface area (TPSA) is 126 Å². The Hall–Kier alpha value is -3.25. The molecule has 172 valence electrons. The van der Waals surface area contributed by atoms with Crippen LogP contribution in [0.4, 0.5) is 10.2 Å². The van der Waals surface area contributed by atoms with E-state index < -0.39 is 12.1 Å². The van der Waals surface area contributed by atoms with Crippen LogP contribution in [0.3, 0.4) is 0 Å². The quantitative estimate of drug-likeness (QED) is 0.274. The van der Waals surface area contributed by atoms with E-state index in [1.807, 2.05) is 0 Å². The van der Waals surface area contributed by atoms with Gasteiger partial charge in [0.2, 0.25) is 0 Å². The molecule has 0 bridgehead atoms. The van der Waals surface area contributed by atoms with Crippen molar-refractivity contribution in [2.24, 2.45) is 0 Å². The highest BCUT2D eigenvalue weighted by Crippen LogP contribution is 2.34. The van der Waals surface area contributed by atoms with Crippen LogP contribution in [0.5, 0.6) is 5.75 Å². The van der Waals surface area contributed by atoms with Gasteiger partial charge in [-0.1, -0.05) is 11.8 Å². The Labute approximate surface area is 196 Å². The number of nitrogens with zero attached hydrogens (tertiary/aromatic N) is 4. The van der Waals surface area contributed by atoms with Gasteiger partial charge in [-0.05, 0) is 50.6 Å². The minimum atomic E-state index is -0.518. The zero-order valence-corrected chi connectivity index (χ0v) is 19.6. The fourth-order valence-corrected chi connectivity index (χ4v) is 4.73. The molecule has 4 aromatic rings. The number of thiophene rings is 1. The van der Waals surface area contributed by atoms with E-state index in [0.717, 1.165) is 0 Å². The molecule has 0 amide bonds. The summed E-state index contributed by atoms with van der Waals surface area (Å²) in [4.78, 5) is 22.1. The number of carbonyl (C=O) groups is 1. The fourth-order valence-electron chi connectivity index (χ4n) is 3.01. The third kappa shape index (κ3) is 5.06. The zero-order chi connectivity index (χ0) is 23.5. The Morgan fingerprint density at radius 1 is 1.27 bits per heavy atom. The number of fused-ring (bicyclic) bond motifs is 1. The lowest BCUT2D eigenvalue weighted by Crippen LogP contribution is -2.03. The molecule has 0 fully saturated rings. The number of nitrogens with two attached hydrogens (primary N) is 1. The maximum absolute atomic E-state index is 13.0. The van der Waals surface area contributed by atoms with Crippen molar-refractivity contribution in [3.63, 3.8) is 0 Å². The van der Waals surface area contributed by atoms with Gasteiger partial charge in [0, 0.05) is 0 Å². The smallest absolute Gasteiger partial charge is 0.348 e. The van der Waals surface area contributed by atoms with Gasteiger partial charge in [0.25, 0.3) is 11.1 Å². The minimum Gasteiger partial charge on any atom is -0.481 e. The van der Waals surface area contributed by atoms with E-state index in [9.17, 15) is 9.18 Å². The Balaban J connectivity index is 1.45. The number of ether oxygens (including phenoxy) is 2. The molecule has 4 rings (SSSR count). The average molecular weight is 490 g/mol. The van der Waals surface area contributed by atoms with Crippen LogP contribution < -0.4 is 10.5 Å². The van der Waals surface area contributed by atoms with Crippen LogP contribution in [0.1, 0.15) is 46.9 Å². The van der Waals surface area contributed by atoms with Crippen molar-refractivity contribution >= 4 is 45.1 Å². The van der Waals surface area contributed by atoms with Gasteiger partial charge in [-0.15, -0.1) is 21.5 Å². The number of carbonyl (C=O) groups excluding carboxylic acids is 1. The molecule has 33 heavy (non-hydrogen) atoms. The van der Waals surface area contributed by atoms with Crippen molar-refractivity contribution < 1.29 is 23.1 Å². The number of anilines is 1. The molecule has 1 aromatic carbocycles. The summed E-state index contributed by atoms with van der Waals surface area (Å²) in [6, 6.07) is 5.67. The van der Waals surface area contributed by atoms with Crippen molar-refractivity contribution in [1.29, 1.82) is 0 Å². The summed E-state index contributed by atoms with van der Waals surface area (Å²) in [7, 11) is 0. The highest BCUT2D eigenvalue weighted by Gasteiger charge is 2.21. The maximum atomic E-state index is 13.0. The monoisotopic (exact) mass is 489 g/mol. The molecular weight excluding hydrogens is 469 g/mol. The van der Waals surface area contributed by atoms with Crippen LogP contribution in [0.15, 0.2) is 33.9 Å². The van der Waals surface area contributed by atoms with Gasteiger partial charge in [-0.2, -0.15) is 0 Å². The Kier molecular flexibility index (Phi) is 6.75. The van der Waals surface area contributed by atoms with Gasteiger partial charge < -0.3 is 19.6 Å². The van der Waals surface area contributed by atoms with Crippen molar-refractivity contribution in [3.8, 4) is 5.75 Å². The number of halogens is 1. The first kappa shape index (κ1) is 22.9. The van der Waals surface area contributed by atoms with E-state index in [1.165, 1.54) is 47.4 Å². The Bertz CT molecular complexity index is 1290. The molecule has 3 aromatic heterocycles. The molecule has 1 atom stereocenters. The number of nitrogen functional groups attached to an aromatic ring is 1. The number of hydrogen-bond donors (Lipinski definition) is 1. The first-order valence-electron chi connectivity index (χ1n) is 9.96. The van der Waals surface area contributed by atoms with Gasteiger partial charge >= 0.3 is 5.97 Å². The summed E-state index contributed by atoms with van der Waals surface area (Å²) in [5, 5.41) is 9.00. The first-order chi connectivity index (χ1) is 15.9. The SMILES string of the molecule is CCOC(=O)c1sc2nc(CSc3nnc([C@H](C)Oc4ccc(F)cc4)o3)nc(N)c2c1C. The van der Waals surface area contributed by atoms with Crippen LogP contribution in [0.2, 0.25) is 0 Å². The van der Waals surface area contributed by atoms with E-state index in [-0.39, 0.29) is 18.3 Å². The molecule has 2 N–H and O–H groups in total. The molecule has 0 aliphatic rings. The van der Waals surface area contributed by atoms with Crippen LogP contribution in [0.25, 0.3) is 10.2 Å². The predicted octanol–water partition coefficient (Wildman–Crippen LogP) is 4.71. The zero-order valence-electron chi connectivity index (χ0n) is 18.0. The summed E-state index contributed by atoms with van der Waals surface area (Å²) in [5.41, 5.74) is 6.85. The molecule has 3 heterocycles. The fraction of sp³-hybridized carbons (Fsp3) is 0.286. The lowest BCUT2D eigenvalue weighted by molar-refractivity contribution is 0.0531. The standard InChI is InChI=1S/C21H20FN5O4S2/c1-4-29-20(28)16-10(2)15-17(23)24-14(25-19(15)33-16)9-32-21-27-26-18(31-21)11(3)30-13-7-5-12(22)6-8-13/h5-8,11H,4,9H2,1-3H3,(H2,23,24,25)/t11-/m0/s1. The molecule has 0 saturated carbocycles. The van der Waals surface area contributed by atoms with Crippen molar-refractivity contribution in [3.05, 3.63) is 52.2 Å². The molecule has 9 nitrogen and oxygen atoms in total. The first-order valence-corrected chi connectivity index (χ1v) is 11.8. The largest absolute Gasteiger partial charge is 0.481 e. The van der Waals surface area contributed by atoms with E-state index in [2.05, 4.69) is 20.2 Å². The lowest BCUT2D eigenvalue weighted by atomic mass is 10.2. The van der Waals surface area contributed by atoms with Gasteiger partial charge in [0.05, 0.1) is 17.7 Å². The second kappa shape index (κ2) is 9.71. The Morgan fingerprint density at radius 2 is 2.03 bits per heavy atom. The highest BCUT2D eigenvalue weighted by molar-refractivity contribution is 7.98. The molecule has 0 saturated heterocycles. The molecule has 12 heteroatoms. The molecule has 0 radical (unpaired) electrons. The second-order valence-corrected chi connectivity index (χ2v) is 8.82. The van der Waals surface area contributed by atoms with Crippen LogP contribution in [-0.2, 0) is 10.5 Å². The number of aryl methyl sites for hydroxylation is 1. The van der Waals surface area contributed by atoms with Crippen molar-refractivity contribution in [2.45, 2.75) is 37.9 Å². The Morgan fingerprint density at radius 3 is 2.76 bits per heavy atom. The van der Waals surface area contributed by atoms with Gasteiger partial charge in [0.1, 0.15) is 32.9 Å².